The van der Waals surface area contributed by atoms with Gasteiger partial charge in [-0.1, -0.05) is 60.3 Å². The fourth-order valence-electron chi connectivity index (χ4n) is 2.61. The number of para-hydroxylation sites is 1. The van der Waals surface area contributed by atoms with Crippen molar-refractivity contribution in [3.8, 4) is 0 Å². The number of hydrogen-bond acceptors (Lipinski definition) is 3. The lowest BCUT2D eigenvalue weighted by molar-refractivity contribution is 0.938. The summed E-state index contributed by atoms with van der Waals surface area (Å²) in [5, 5.41) is 10.8. The van der Waals surface area contributed by atoms with Gasteiger partial charge < -0.3 is 0 Å². The number of rotatable bonds is 4. The van der Waals surface area contributed by atoms with Gasteiger partial charge in [0.1, 0.15) is 0 Å². The second-order valence-corrected chi connectivity index (χ2v) is 6.21. The van der Waals surface area contributed by atoms with Crippen LogP contribution in [0.5, 0.6) is 0 Å². The number of fused-ring (bicyclic) bond motifs is 3. The van der Waals surface area contributed by atoms with Crippen molar-refractivity contribution in [2.24, 2.45) is 0 Å². The van der Waals surface area contributed by atoms with E-state index in [0.717, 1.165) is 28.5 Å². The van der Waals surface area contributed by atoms with E-state index in [1.165, 1.54) is 10.9 Å². The predicted molar refractivity (Wildman–Crippen MR) is 91.4 cm³/mol. The van der Waals surface area contributed by atoms with Gasteiger partial charge in [0.05, 0.1) is 5.52 Å². The summed E-state index contributed by atoms with van der Waals surface area (Å²) in [5.74, 6) is 0.994. The molecule has 0 radical (unpaired) electrons. The maximum absolute atomic E-state index is 4.35. The Labute approximate surface area is 133 Å². The van der Waals surface area contributed by atoms with E-state index in [2.05, 4.69) is 75.3 Å². The fourth-order valence-corrected chi connectivity index (χ4v) is 3.55. The average Bonchev–Trinajstić information content (AvgIpc) is 3.00. The van der Waals surface area contributed by atoms with Crippen LogP contribution in [0.15, 0.2) is 71.9 Å². The summed E-state index contributed by atoms with van der Waals surface area (Å²) < 4.78 is 2.14. The van der Waals surface area contributed by atoms with Crippen LogP contribution in [0.3, 0.4) is 0 Å². The Bertz CT molecular complexity index is 915. The summed E-state index contributed by atoms with van der Waals surface area (Å²) in [6.07, 6.45) is 1.03. The van der Waals surface area contributed by atoms with Crippen LogP contribution < -0.4 is 0 Å². The summed E-state index contributed by atoms with van der Waals surface area (Å²) in [4.78, 5) is 0. The third-order valence-electron chi connectivity index (χ3n) is 3.71. The van der Waals surface area contributed by atoms with Crippen molar-refractivity contribution >= 4 is 28.3 Å². The molecular weight excluding hydrogens is 290 g/mol. The first-order valence-electron chi connectivity index (χ1n) is 7.31. The first kappa shape index (κ1) is 13.3. The molecule has 0 aliphatic heterocycles. The second-order valence-electron chi connectivity index (χ2n) is 5.15. The van der Waals surface area contributed by atoms with Crippen LogP contribution in [-0.4, -0.2) is 20.4 Å². The highest BCUT2D eigenvalue weighted by atomic mass is 32.2. The minimum Gasteiger partial charge on any atom is -0.270 e. The van der Waals surface area contributed by atoms with Crippen molar-refractivity contribution in [2.75, 3.05) is 5.75 Å². The molecule has 0 unspecified atom stereocenters. The molecule has 22 heavy (non-hydrogen) atoms. The van der Waals surface area contributed by atoms with Gasteiger partial charge in [0.15, 0.2) is 10.8 Å². The Hall–Kier alpha value is -2.33. The summed E-state index contributed by atoms with van der Waals surface area (Å²) in [7, 11) is 0. The first-order chi connectivity index (χ1) is 10.9. The molecule has 0 atom stereocenters. The SMILES string of the molecule is c1ccc(CCSc2nnc3ccc4ccccc4n23)cc1. The second kappa shape index (κ2) is 5.81. The van der Waals surface area contributed by atoms with E-state index in [0.29, 0.717) is 0 Å². The summed E-state index contributed by atoms with van der Waals surface area (Å²) >= 11 is 1.76. The molecular formula is C18H15N3S. The number of nitrogens with zero attached hydrogens (tertiary/aromatic N) is 3. The minimum absolute atomic E-state index is 0.904. The van der Waals surface area contributed by atoms with Crippen molar-refractivity contribution in [1.82, 2.24) is 14.6 Å². The number of hydrogen-bond donors (Lipinski definition) is 0. The van der Waals surface area contributed by atoms with Crippen LogP contribution in [0.25, 0.3) is 16.6 Å². The molecule has 0 fully saturated rings. The molecule has 4 heteroatoms. The van der Waals surface area contributed by atoms with Crippen molar-refractivity contribution in [2.45, 2.75) is 11.6 Å². The Morgan fingerprint density at radius 3 is 2.55 bits per heavy atom. The maximum atomic E-state index is 4.35. The molecule has 0 saturated carbocycles. The Morgan fingerprint density at radius 2 is 1.64 bits per heavy atom. The Morgan fingerprint density at radius 1 is 0.818 bits per heavy atom. The van der Waals surface area contributed by atoms with Crippen LogP contribution in [0.4, 0.5) is 0 Å². The van der Waals surface area contributed by atoms with Crippen molar-refractivity contribution in [3.05, 3.63) is 72.3 Å². The van der Waals surface area contributed by atoms with Crippen LogP contribution >= 0.6 is 11.8 Å². The van der Waals surface area contributed by atoms with E-state index in [4.69, 9.17) is 0 Å². The lowest BCUT2D eigenvalue weighted by atomic mass is 10.2. The van der Waals surface area contributed by atoms with Gasteiger partial charge in [-0.2, -0.15) is 0 Å². The Kier molecular flexibility index (Phi) is 3.52. The van der Waals surface area contributed by atoms with Crippen LogP contribution in [-0.2, 0) is 6.42 Å². The zero-order valence-corrected chi connectivity index (χ0v) is 12.8. The number of pyridine rings is 1. The van der Waals surface area contributed by atoms with Gasteiger partial charge in [0, 0.05) is 5.75 Å². The zero-order valence-electron chi connectivity index (χ0n) is 12.0. The van der Waals surface area contributed by atoms with Gasteiger partial charge >= 0.3 is 0 Å². The molecule has 2 aromatic heterocycles. The van der Waals surface area contributed by atoms with Gasteiger partial charge in [-0.05, 0) is 35.6 Å². The summed E-state index contributed by atoms with van der Waals surface area (Å²) in [6.45, 7) is 0. The maximum Gasteiger partial charge on any atom is 0.196 e. The van der Waals surface area contributed by atoms with E-state index in [-0.39, 0.29) is 0 Å². The van der Waals surface area contributed by atoms with Crippen molar-refractivity contribution in [1.29, 1.82) is 0 Å². The minimum atomic E-state index is 0.904. The number of benzene rings is 2. The standard InChI is InChI=1S/C18H15N3S/c1-2-6-14(7-3-1)12-13-22-18-20-19-17-11-10-15-8-4-5-9-16(15)21(17)18/h1-11H,12-13H2. The highest BCUT2D eigenvalue weighted by Crippen LogP contribution is 2.23. The van der Waals surface area contributed by atoms with Crippen molar-refractivity contribution < 1.29 is 0 Å². The zero-order chi connectivity index (χ0) is 14.8. The summed E-state index contributed by atoms with van der Waals surface area (Å²) in [6, 6.07) is 23.0. The summed E-state index contributed by atoms with van der Waals surface area (Å²) in [5.41, 5.74) is 3.42. The topological polar surface area (TPSA) is 30.2 Å². The molecule has 0 saturated heterocycles. The number of aryl methyl sites for hydroxylation is 1. The number of thioether (sulfide) groups is 1. The molecule has 4 aromatic rings. The van der Waals surface area contributed by atoms with E-state index >= 15 is 0 Å². The molecule has 0 N–H and O–H groups in total. The molecule has 0 bridgehead atoms. The molecule has 0 aliphatic rings. The highest BCUT2D eigenvalue weighted by Gasteiger charge is 2.09. The normalized spacial score (nSPS) is 11.3. The molecule has 2 aromatic carbocycles. The van der Waals surface area contributed by atoms with Gasteiger partial charge in [0.2, 0.25) is 0 Å². The molecule has 2 heterocycles. The average molecular weight is 305 g/mol. The molecule has 0 spiro atoms. The molecule has 3 nitrogen and oxygen atoms in total. The van der Waals surface area contributed by atoms with Crippen LogP contribution in [0.1, 0.15) is 5.56 Å². The lowest BCUT2D eigenvalue weighted by Gasteiger charge is -2.04. The van der Waals surface area contributed by atoms with E-state index < -0.39 is 0 Å². The van der Waals surface area contributed by atoms with Gasteiger partial charge in [-0.25, -0.2) is 0 Å². The monoisotopic (exact) mass is 305 g/mol. The quantitative estimate of drug-likeness (QED) is 0.529. The largest absolute Gasteiger partial charge is 0.270 e. The predicted octanol–water partition coefficient (Wildman–Crippen LogP) is 4.22. The van der Waals surface area contributed by atoms with E-state index in [1.807, 2.05) is 6.07 Å². The van der Waals surface area contributed by atoms with Gasteiger partial charge in [-0.15, -0.1) is 10.2 Å². The molecule has 108 valence electrons. The third-order valence-corrected chi connectivity index (χ3v) is 4.64. The molecule has 4 rings (SSSR count). The lowest BCUT2D eigenvalue weighted by Crippen LogP contribution is -1.93. The van der Waals surface area contributed by atoms with Gasteiger partial charge in [-0.3, -0.25) is 4.40 Å². The van der Waals surface area contributed by atoms with E-state index in [1.54, 1.807) is 11.8 Å². The van der Waals surface area contributed by atoms with Crippen LogP contribution in [0.2, 0.25) is 0 Å². The highest BCUT2D eigenvalue weighted by molar-refractivity contribution is 7.99. The smallest absolute Gasteiger partial charge is 0.196 e. The van der Waals surface area contributed by atoms with Crippen molar-refractivity contribution in [3.63, 3.8) is 0 Å². The first-order valence-corrected chi connectivity index (χ1v) is 8.30. The molecule has 0 amide bonds. The third kappa shape index (κ3) is 2.46. The number of aromatic nitrogens is 3. The van der Waals surface area contributed by atoms with Gasteiger partial charge in [0.25, 0.3) is 0 Å². The fraction of sp³-hybridized carbons (Fsp3) is 0.111. The van der Waals surface area contributed by atoms with E-state index in [9.17, 15) is 0 Å². The van der Waals surface area contributed by atoms with Crippen LogP contribution in [0, 0.1) is 0 Å². The Balaban J connectivity index is 1.63. The molecule has 0 aliphatic carbocycles.